The Kier molecular flexibility index (Phi) is 3.18. The monoisotopic (exact) mass is 206 g/mol. The Morgan fingerprint density at radius 3 is 2.20 bits per heavy atom. The predicted octanol–water partition coefficient (Wildman–Crippen LogP) is 2.58. The molecular weight excluding hydrogens is 192 g/mol. The predicted molar refractivity (Wildman–Crippen MR) is 46.5 cm³/mol. The Balaban J connectivity index is 2.35. The van der Waals surface area contributed by atoms with Gasteiger partial charge in [0.15, 0.2) is 0 Å². The summed E-state index contributed by atoms with van der Waals surface area (Å²) in [7, 11) is 0. The molecule has 0 aliphatic carbocycles. The van der Waals surface area contributed by atoms with E-state index in [9.17, 15) is 0 Å². The lowest BCUT2D eigenvalue weighted by Gasteiger charge is -2.30. The Morgan fingerprint density at radius 1 is 1.30 bits per heavy atom. The second kappa shape index (κ2) is 3.72. The first kappa shape index (κ1) is 8.54. The SMILES string of the molecule is C[C@@H]1CC(CBr)C[C@H](C)O1. The van der Waals surface area contributed by atoms with Crippen LogP contribution in [0.15, 0.2) is 0 Å². The van der Waals surface area contributed by atoms with Gasteiger partial charge in [-0.2, -0.15) is 0 Å². The summed E-state index contributed by atoms with van der Waals surface area (Å²) >= 11 is 3.51. The molecule has 0 aromatic heterocycles. The summed E-state index contributed by atoms with van der Waals surface area (Å²) in [6, 6.07) is 0. The molecule has 1 aliphatic heterocycles. The molecule has 1 fully saturated rings. The standard InChI is InChI=1S/C8H15BrO/c1-6-3-8(5-9)4-7(2)10-6/h6-8H,3-5H2,1-2H3/t6-,7+,8?. The summed E-state index contributed by atoms with van der Waals surface area (Å²) in [6.07, 6.45) is 3.36. The van der Waals surface area contributed by atoms with Gasteiger partial charge in [0.05, 0.1) is 12.2 Å². The molecule has 2 heteroatoms. The van der Waals surface area contributed by atoms with E-state index in [1.165, 1.54) is 12.8 Å². The van der Waals surface area contributed by atoms with Crippen molar-refractivity contribution in [2.75, 3.05) is 5.33 Å². The van der Waals surface area contributed by atoms with Crippen molar-refractivity contribution in [2.24, 2.45) is 5.92 Å². The van der Waals surface area contributed by atoms with Gasteiger partial charge in [-0.1, -0.05) is 15.9 Å². The van der Waals surface area contributed by atoms with E-state index in [-0.39, 0.29) is 0 Å². The van der Waals surface area contributed by atoms with Crippen molar-refractivity contribution in [2.45, 2.75) is 38.9 Å². The van der Waals surface area contributed by atoms with Crippen LogP contribution < -0.4 is 0 Å². The highest BCUT2D eigenvalue weighted by atomic mass is 79.9. The normalized spacial score (nSPS) is 41.7. The second-order valence-electron chi connectivity index (χ2n) is 3.25. The highest BCUT2D eigenvalue weighted by Crippen LogP contribution is 2.25. The molecule has 1 aliphatic rings. The van der Waals surface area contributed by atoms with E-state index in [0.29, 0.717) is 12.2 Å². The maximum atomic E-state index is 5.60. The topological polar surface area (TPSA) is 9.23 Å². The van der Waals surface area contributed by atoms with Crippen LogP contribution in [0, 0.1) is 5.92 Å². The van der Waals surface area contributed by atoms with Gasteiger partial charge < -0.3 is 4.74 Å². The molecule has 0 bridgehead atoms. The molecule has 0 aromatic rings. The van der Waals surface area contributed by atoms with E-state index in [4.69, 9.17) is 4.74 Å². The Labute approximate surface area is 71.3 Å². The van der Waals surface area contributed by atoms with Crippen molar-refractivity contribution in [1.29, 1.82) is 0 Å². The molecule has 10 heavy (non-hydrogen) atoms. The van der Waals surface area contributed by atoms with Crippen molar-refractivity contribution in [3.8, 4) is 0 Å². The third-order valence-corrected chi connectivity index (χ3v) is 2.93. The molecule has 0 radical (unpaired) electrons. The van der Waals surface area contributed by atoms with Crippen LogP contribution in [-0.4, -0.2) is 17.5 Å². The van der Waals surface area contributed by atoms with Gasteiger partial charge in [-0.3, -0.25) is 0 Å². The van der Waals surface area contributed by atoms with E-state index < -0.39 is 0 Å². The summed E-state index contributed by atoms with van der Waals surface area (Å²) in [4.78, 5) is 0. The van der Waals surface area contributed by atoms with Crippen LogP contribution in [-0.2, 0) is 4.74 Å². The first-order chi connectivity index (χ1) is 4.72. The number of hydrogen-bond acceptors (Lipinski definition) is 1. The van der Waals surface area contributed by atoms with Crippen LogP contribution in [0.1, 0.15) is 26.7 Å². The lowest BCUT2D eigenvalue weighted by atomic mass is 9.95. The zero-order valence-electron chi connectivity index (χ0n) is 6.64. The molecule has 60 valence electrons. The van der Waals surface area contributed by atoms with Gasteiger partial charge in [0.1, 0.15) is 0 Å². The van der Waals surface area contributed by atoms with Gasteiger partial charge in [-0.25, -0.2) is 0 Å². The minimum absolute atomic E-state index is 0.464. The summed E-state index contributed by atoms with van der Waals surface area (Å²) in [5, 5.41) is 1.13. The highest BCUT2D eigenvalue weighted by Gasteiger charge is 2.22. The van der Waals surface area contributed by atoms with Crippen LogP contribution >= 0.6 is 15.9 Å². The minimum Gasteiger partial charge on any atom is -0.376 e. The Bertz CT molecular complexity index is 95.4. The molecule has 1 heterocycles. The lowest BCUT2D eigenvalue weighted by molar-refractivity contribution is -0.0474. The fraction of sp³-hybridized carbons (Fsp3) is 1.00. The molecule has 3 atom stereocenters. The largest absolute Gasteiger partial charge is 0.376 e. The fourth-order valence-electron chi connectivity index (χ4n) is 1.67. The van der Waals surface area contributed by atoms with Gasteiger partial charge in [0.25, 0.3) is 0 Å². The van der Waals surface area contributed by atoms with E-state index in [2.05, 4.69) is 29.8 Å². The summed E-state index contributed by atoms with van der Waals surface area (Å²) < 4.78 is 5.60. The smallest absolute Gasteiger partial charge is 0.0553 e. The number of halogens is 1. The van der Waals surface area contributed by atoms with Crippen molar-refractivity contribution in [3.05, 3.63) is 0 Å². The zero-order valence-corrected chi connectivity index (χ0v) is 8.23. The van der Waals surface area contributed by atoms with Crippen LogP contribution in [0.25, 0.3) is 0 Å². The Hall–Kier alpha value is 0.440. The van der Waals surface area contributed by atoms with Crippen LogP contribution in [0.4, 0.5) is 0 Å². The average molecular weight is 207 g/mol. The van der Waals surface area contributed by atoms with Gasteiger partial charge in [0, 0.05) is 5.33 Å². The molecule has 0 N–H and O–H groups in total. The molecular formula is C8H15BrO. The molecule has 0 saturated carbocycles. The number of ether oxygens (including phenoxy) is 1. The lowest BCUT2D eigenvalue weighted by Crippen LogP contribution is -2.29. The van der Waals surface area contributed by atoms with Crippen LogP contribution in [0.2, 0.25) is 0 Å². The van der Waals surface area contributed by atoms with E-state index in [1.54, 1.807) is 0 Å². The van der Waals surface area contributed by atoms with Gasteiger partial charge in [-0.15, -0.1) is 0 Å². The molecule has 1 nitrogen and oxygen atoms in total. The summed E-state index contributed by atoms with van der Waals surface area (Å²) in [5.41, 5.74) is 0. The van der Waals surface area contributed by atoms with Gasteiger partial charge in [-0.05, 0) is 32.6 Å². The third kappa shape index (κ3) is 2.24. The summed E-state index contributed by atoms with van der Waals surface area (Å²) in [6.45, 7) is 4.32. The first-order valence-corrected chi connectivity index (χ1v) is 5.06. The molecule has 0 aromatic carbocycles. The van der Waals surface area contributed by atoms with E-state index in [1.807, 2.05) is 0 Å². The number of alkyl halides is 1. The maximum Gasteiger partial charge on any atom is 0.0553 e. The highest BCUT2D eigenvalue weighted by molar-refractivity contribution is 9.09. The van der Waals surface area contributed by atoms with Gasteiger partial charge in [0.2, 0.25) is 0 Å². The quantitative estimate of drug-likeness (QED) is 0.600. The van der Waals surface area contributed by atoms with Crippen molar-refractivity contribution >= 4 is 15.9 Å². The molecule has 1 unspecified atom stereocenters. The molecule has 1 saturated heterocycles. The van der Waals surface area contributed by atoms with Gasteiger partial charge >= 0.3 is 0 Å². The number of rotatable bonds is 1. The maximum absolute atomic E-state index is 5.60. The van der Waals surface area contributed by atoms with Crippen LogP contribution in [0.5, 0.6) is 0 Å². The second-order valence-corrected chi connectivity index (χ2v) is 3.90. The van der Waals surface area contributed by atoms with Crippen LogP contribution in [0.3, 0.4) is 0 Å². The first-order valence-electron chi connectivity index (χ1n) is 3.93. The average Bonchev–Trinajstić information content (AvgIpc) is 1.85. The fourth-order valence-corrected chi connectivity index (χ4v) is 2.20. The van der Waals surface area contributed by atoms with E-state index in [0.717, 1.165) is 11.2 Å². The summed E-state index contributed by atoms with van der Waals surface area (Å²) in [5.74, 6) is 0.832. The molecule has 0 amide bonds. The molecule has 1 rings (SSSR count). The number of hydrogen-bond donors (Lipinski definition) is 0. The molecule has 0 spiro atoms. The van der Waals surface area contributed by atoms with Crippen molar-refractivity contribution in [3.63, 3.8) is 0 Å². The Morgan fingerprint density at radius 2 is 1.80 bits per heavy atom. The minimum atomic E-state index is 0.464. The van der Waals surface area contributed by atoms with Crippen molar-refractivity contribution < 1.29 is 4.74 Å². The van der Waals surface area contributed by atoms with E-state index >= 15 is 0 Å². The third-order valence-electron chi connectivity index (χ3n) is 2.01. The zero-order chi connectivity index (χ0) is 7.56. The van der Waals surface area contributed by atoms with Crippen molar-refractivity contribution in [1.82, 2.24) is 0 Å².